The van der Waals surface area contributed by atoms with E-state index in [0.717, 1.165) is 4.88 Å². The highest BCUT2D eigenvalue weighted by Gasteiger charge is 2.27. The van der Waals surface area contributed by atoms with Gasteiger partial charge in [0.1, 0.15) is 0 Å². The average molecular weight is 199 g/mol. The quantitative estimate of drug-likeness (QED) is 0.783. The largest absolute Gasteiger partial charge is 0.396 e. The zero-order chi connectivity index (χ0) is 10.1. The predicted molar refractivity (Wildman–Crippen MR) is 56.9 cm³/mol. The Hall–Kier alpha value is -0.380. The molecule has 1 rings (SSSR count). The summed E-state index contributed by atoms with van der Waals surface area (Å²) in [7, 11) is 0. The molecule has 1 aromatic heterocycles. The van der Waals surface area contributed by atoms with Crippen LogP contribution in [-0.2, 0) is 0 Å². The summed E-state index contributed by atoms with van der Waals surface area (Å²) in [6.45, 7) is 6.14. The van der Waals surface area contributed by atoms with Gasteiger partial charge in [0, 0.05) is 21.2 Å². The summed E-state index contributed by atoms with van der Waals surface area (Å²) in [5.74, 6) is 0. The maximum absolute atomic E-state index is 9.16. The molecule has 0 amide bonds. The van der Waals surface area contributed by atoms with Crippen LogP contribution < -0.4 is 5.73 Å². The van der Waals surface area contributed by atoms with Crippen molar-refractivity contribution in [2.24, 2.45) is 11.1 Å². The second-order valence-electron chi connectivity index (χ2n) is 4.07. The molecule has 0 aliphatic rings. The van der Waals surface area contributed by atoms with Gasteiger partial charge in [-0.15, -0.1) is 11.3 Å². The fourth-order valence-electron chi connectivity index (χ4n) is 1.10. The van der Waals surface area contributed by atoms with Crippen LogP contribution in [0.25, 0.3) is 0 Å². The van der Waals surface area contributed by atoms with Crippen molar-refractivity contribution in [3.63, 3.8) is 0 Å². The van der Waals surface area contributed by atoms with Crippen LogP contribution in [0.4, 0.5) is 0 Å². The highest BCUT2D eigenvalue weighted by Crippen LogP contribution is 2.34. The van der Waals surface area contributed by atoms with Crippen molar-refractivity contribution in [1.82, 2.24) is 0 Å². The van der Waals surface area contributed by atoms with E-state index in [1.165, 1.54) is 4.88 Å². The summed E-state index contributed by atoms with van der Waals surface area (Å²) in [5, 5.41) is 9.16. The van der Waals surface area contributed by atoms with E-state index in [9.17, 15) is 0 Å². The van der Waals surface area contributed by atoms with E-state index in [1.54, 1.807) is 11.3 Å². The first-order valence-corrected chi connectivity index (χ1v) is 5.22. The van der Waals surface area contributed by atoms with Crippen LogP contribution in [0.2, 0.25) is 0 Å². The van der Waals surface area contributed by atoms with Crippen LogP contribution in [0.5, 0.6) is 0 Å². The number of hydrogen-bond acceptors (Lipinski definition) is 3. The lowest BCUT2D eigenvalue weighted by atomic mass is 9.85. The predicted octanol–water partition coefficient (Wildman–Crippen LogP) is 2.07. The van der Waals surface area contributed by atoms with Gasteiger partial charge >= 0.3 is 0 Å². The van der Waals surface area contributed by atoms with E-state index >= 15 is 0 Å². The topological polar surface area (TPSA) is 46.2 Å². The van der Waals surface area contributed by atoms with Crippen molar-refractivity contribution in [3.8, 4) is 0 Å². The molecule has 74 valence electrons. The lowest BCUT2D eigenvalue weighted by Gasteiger charge is -2.28. The smallest absolute Gasteiger partial charge is 0.0500 e. The van der Waals surface area contributed by atoms with E-state index in [0.29, 0.717) is 0 Å². The van der Waals surface area contributed by atoms with Gasteiger partial charge in [0.25, 0.3) is 0 Å². The molecular weight excluding hydrogens is 182 g/mol. The molecule has 0 fully saturated rings. The van der Waals surface area contributed by atoms with Gasteiger partial charge in [0.15, 0.2) is 0 Å². The molecule has 0 spiro atoms. The van der Waals surface area contributed by atoms with Crippen LogP contribution in [0.1, 0.15) is 29.6 Å². The van der Waals surface area contributed by atoms with E-state index < -0.39 is 0 Å². The summed E-state index contributed by atoms with van der Waals surface area (Å²) in [6.07, 6.45) is 0. The Kier molecular flexibility index (Phi) is 3.11. The van der Waals surface area contributed by atoms with Gasteiger partial charge in [-0.3, -0.25) is 0 Å². The third-order valence-electron chi connectivity index (χ3n) is 2.32. The minimum absolute atomic E-state index is 0.0730. The molecule has 0 aliphatic carbocycles. The molecule has 1 heterocycles. The number of thiophene rings is 1. The van der Waals surface area contributed by atoms with E-state index in [1.807, 2.05) is 19.9 Å². The summed E-state index contributed by atoms with van der Waals surface area (Å²) < 4.78 is 0. The van der Waals surface area contributed by atoms with E-state index in [-0.39, 0.29) is 18.1 Å². The molecule has 0 bridgehead atoms. The summed E-state index contributed by atoms with van der Waals surface area (Å²) in [5.41, 5.74) is 5.81. The van der Waals surface area contributed by atoms with Gasteiger partial charge in [-0.1, -0.05) is 13.8 Å². The Labute approximate surface area is 83.4 Å². The van der Waals surface area contributed by atoms with Crippen LogP contribution in [0, 0.1) is 12.3 Å². The molecule has 0 radical (unpaired) electrons. The molecule has 1 atom stereocenters. The number of hydrogen-bond donors (Lipinski definition) is 2. The Balaban J connectivity index is 2.84. The number of aliphatic hydroxyl groups is 1. The fraction of sp³-hybridized carbons (Fsp3) is 0.600. The average Bonchev–Trinajstić information content (AvgIpc) is 2.50. The van der Waals surface area contributed by atoms with Gasteiger partial charge in [0.05, 0.1) is 6.61 Å². The van der Waals surface area contributed by atoms with Crippen molar-refractivity contribution in [2.45, 2.75) is 26.8 Å². The monoisotopic (exact) mass is 199 g/mol. The molecule has 2 nitrogen and oxygen atoms in total. The molecule has 0 aromatic carbocycles. The molecule has 3 heteroatoms. The van der Waals surface area contributed by atoms with Crippen molar-refractivity contribution in [1.29, 1.82) is 0 Å². The van der Waals surface area contributed by atoms with Gasteiger partial charge in [-0.05, 0) is 19.1 Å². The van der Waals surface area contributed by atoms with Crippen LogP contribution >= 0.6 is 11.3 Å². The molecule has 0 saturated carbocycles. The fourth-order valence-corrected chi connectivity index (χ4v) is 2.19. The SMILES string of the molecule is Cc1ccc([C@H](N)C(C)(C)CO)s1. The van der Waals surface area contributed by atoms with Crippen molar-refractivity contribution in [2.75, 3.05) is 6.61 Å². The zero-order valence-electron chi connectivity index (χ0n) is 8.37. The molecule has 3 N–H and O–H groups in total. The first-order chi connectivity index (χ1) is 5.97. The molecule has 13 heavy (non-hydrogen) atoms. The van der Waals surface area contributed by atoms with E-state index in [2.05, 4.69) is 13.0 Å². The van der Waals surface area contributed by atoms with Gasteiger partial charge in [-0.2, -0.15) is 0 Å². The normalized spacial score (nSPS) is 14.5. The minimum atomic E-state index is -0.239. The van der Waals surface area contributed by atoms with E-state index in [4.69, 9.17) is 10.8 Å². The second-order valence-corrected chi connectivity index (χ2v) is 5.39. The molecule has 1 aromatic rings. The summed E-state index contributed by atoms with van der Waals surface area (Å²) >= 11 is 1.70. The number of rotatable bonds is 3. The standard InChI is InChI=1S/C10H17NOS/c1-7-4-5-8(13-7)9(11)10(2,3)6-12/h4-5,9,12H,6,11H2,1-3H3/t9-/m0/s1. The Morgan fingerprint density at radius 3 is 2.54 bits per heavy atom. The molecule has 0 aliphatic heterocycles. The number of aliphatic hydroxyl groups excluding tert-OH is 1. The second kappa shape index (κ2) is 3.78. The zero-order valence-corrected chi connectivity index (χ0v) is 9.19. The number of aryl methyl sites for hydroxylation is 1. The Bertz CT molecular complexity index is 280. The van der Waals surface area contributed by atoms with Gasteiger partial charge in [-0.25, -0.2) is 0 Å². The third-order valence-corrected chi connectivity index (χ3v) is 3.40. The minimum Gasteiger partial charge on any atom is -0.396 e. The first-order valence-electron chi connectivity index (χ1n) is 4.40. The number of nitrogens with two attached hydrogens (primary N) is 1. The highest BCUT2D eigenvalue weighted by atomic mass is 32.1. The Morgan fingerprint density at radius 2 is 2.15 bits per heavy atom. The lowest BCUT2D eigenvalue weighted by molar-refractivity contribution is 0.133. The first kappa shape index (κ1) is 10.7. The summed E-state index contributed by atoms with van der Waals surface area (Å²) in [4.78, 5) is 2.41. The van der Waals surface area contributed by atoms with Crippen LogP contribution in [-0.4, -0.2) is 11.7 Å². The molecule has 0 unspecified atom stereocenters. The summed E-state index contributed by atoms with van der Waals surface area (Å²) in [6, 6.07) is 4.03. The van der Waals surface area contributed by atoms with Gasteiger partial charge < -0.3 is 10.8 Å². The third kappa shape index (κ3) is 2.30. The van der Waals surface area contributed by atoms with Crippen LogP contribution in [0.3, 0.4) is 0 Å². The van der Waals surface area contributed by atoms with Crippen molar-refractivity contribution in [3.05, 3.63) is 21.9 Å². The maximum Gasteiger partial charge on any atom is 0.0500 e. The van der Waals surface area contributed by atoms with Gasteiger partial charge in [0.2, 0.25) is 0 Å². The Morgan fingerprint density at radius 1 is 1.54 bits per heavy atom. The van der Waals surface area contributed by atoms with Crippen molar-refractivity contribution >= 4 is 11.3 Å². The maximum atomic E-state index is 9.16. The van der Waals surface area contributed by atoms with Crippen molar-refractivity contribution < 1.29 is 5.11 Å². The molecular formula is C10H17NOS. The molecule has 0 saturated heterocycles. The van der Waals surface area contributed by atoms with Crippen LogP contribution in [0.15, 0.2) is 12.1 Å². The highest BCUT2D eigenvalue weighted by molar-refractivity contribution is 7.12. The lowest BCUT2D eigenvalue weighted by Crippen LogP contribution is -2.31.